The van der Waals surface area contributed by atoms with Crippen molar-refractivity contribution in [1.29, 1.82) is 0 Å². The summed E-state index contributed by atoms with van der Waals surface area (Å²) in [5, 5.41) is 8.82. The maximum absolute atomic E-state index is 13.7. The first-order valence-corrected chi connectivity index (χ1v) is 6.08. The summed E-state index contributed by atoms with van der Waals surface area (Å²) < 4.78 is 13.7. The smallest absolute Gasteiger partial charge is 0.323 e. The lowest BCUT2D eigenvalue weighted by atomic mass is 10.1. The molecule has 1 rings (SSSR count). The molecule has 0 atom stereocenters. The molecule has 0 spiro atoms. The van der Waals surface area contributed by atoms with E-state index in [0.717, 1.165) is 4.90 Å². The van der Waals surface area contributed by atoms with Gasteiger partial charge in [-0.2, -0.15) is 0 Å². The maximum Gasteiger partial charge on any atom is 0.323 e. The number of carbonyl (C=O) groups is 2. The van der Waals surface area contributed by atoms with Gasteiger partial charge >= 0.3 is 5.97 Å². The van der Waals surface area contributed by atoms with Crippen LogP contribution in [-0.2, 0) is 4.79 Å². The van der Waals surface area contributed by atoms with E-state index in [1.807, 2.05) is 13.8 Å². The third kappa shape index (κ3) is 4.35. The first-order valence-electron chi connectivity index (χ1n) is 6.08. The minimum absolute atomic E-state index is 0.0903. The molecule has 1 aromatic carbocycles. The zero-order chi connectivity index (χ0) is 14.6. The molecule has 0 aliphatic carbocycles. The summed E-state index contributed by atoms with van der Waals surface area (Å²) in [6.07, 6.45) is 0. The quantitative estimate of drug-likeness (QED) is 0.890. The topological polar surface area (TPSA) is 57.6 Å². The Morgan fingerprint density at radius 2 is 2.00 bits per heavy atom. The molecule has 0 heterocycles. The molecule has 19 heavy (non-hydrogen) atoms. The molecule has 0 fully saturated rings. The summed E-state index contributed by atoms with van der Waals surface area (Å²) in [5.41, 5.74) is 0.621. The van der Waals surface area contributed by atoms with Crippen molar-refractivity contribution in [1.82, 2.24) is 4.90 Å². The predicted molar refractivity (Wildman–Crippen MR) is 69.5 cm³/mol. The Morgan fingerprint density at radius 3 is 2.47 bits per heavy atom. The van der Waals surface area contributed by atoms with E-state index in [9.17, 15) is 14.0 Å². The summed E-state index contributed by atoms with van der Waals surface area (Å²) in [6, 6.07) is 4.29. The van der Waals surface area contributed by atoms with Crippen molar-refractivity contribution in [2.75, 3.05) is 13.1 Å². The first-order chi connectivity index (χ1) is 8.81. The summed E-state index contributed by atoms with van der Waals surface area (Å²) in [7, 11) is 0. The van der Waals surface area contributed by atoms with Gasteiger partial charge in [-0.25, -0.2) is 4.39 Å². The van der Waals surface area contributed by atoms with Gasteiger partial charge < -0.3 is 10.0 Å². The second-order valence-corrected chi connectivity index (χ2v) is 4.96. The molecule has 4 nitrogen and oxygen atoms in total. The molecule has 0 aromatic heterocycles. The molecule has 1 N–H and O–H groups in total. The van der Waals surface area contributed by atoms with E-state index in [1.54, 1.807) is 13.0 Å². The summed E-state index contributed by atoms with van der Waals surface area (Å²) in [6.45, 7) is 5.31. The Balaban J connectivity index is 3.00. The third-order valence-corrected chi connectivity index (χ3v) is 2.55. The number of carboxylic acid groups (broad SMARTS) is 1. The average Bonchev–Trinajstić information content (AvgIpc) is 2.26. The fourth-order valence-electron chi connectivity index (χ4n) is 1.79. The van der Waals surface area contributed by atoms with E-state index in [4.69, 9.17) is 5.11 Å². The highest BCUT2D eigenvalue weighted by Crippen LogP contribution is 2.13. The van der Waals surface area contributed by atoms with Crippen molar-refractivity contribution in [2.45, 2.75) is 20.8 Å². The number of hydrogen-bond donors (Lipinski definition) is 1. The molecule has 1 aromatic rings. The Kier molecular flexibility index (Phi) is 5.03. The molecule has 0 aliphatic rings. The van der Waals surface area contributed by atoms with Gasteiger partial charge in [-0.05, 0) is 30.5 Å². The van der Waals surface area contributed by atoms with Crippen LogP contribution in [0.1, 0.15) is 29.8 Å². The molecule has 104 valence electrons. The summed E-state index contributed by atoms with van der Waals surface area (Å²) >= 11 is 0. The Bertz CT molecular complexity index is 486. The van der Waals surface area contributed by atoms with E-state index in [1.165, 1.54) is 12.1 Å². The lowest BCUT2D eigenvalue weighted by Crippen LogP contribution is -2.38. The number of rotatable bonds is 5. The number of carbonyl (C=O) groups excluding carboxylic acids is 1. The molecule has 0 saturated carbocycles. The summed E-state index contributed by atoms with van der Waals surface area (Å²) in [5.74, 6) is -2.21. The molecule has 0 bridgehead atoms. The summed E-state index contributed by atoms with van der Waals surface area (Å²) in [4.78, 5) is 24.1. The van der Waals surface area contributed by atoms with Crippen LogP contribution in [0, 0.1) is 18.7 Å². The second kappa shape index (κ2) is 6.31. The average molecular weight is 267 g/mol. The number of nitrogens with zero attached hydrogens (tertiary/aromatic N) is 1. The number of halogens is 1. The predicted octanol–water partition coefficient (Wildman–Crippen LogP) is 2.32. The minimum Gasteiger partial charge on any atom is -0.480 e. The number of carboxylic acids is 1. The standard InChI is InChI=1S/C14H18FNO3/c1-9(2)7-16(8-13(17)18)14(19)11-5-4-10(3)6-12(11)15/h4-6,9H,7-8H2,1-3H3,(H,17,18). The van der Waals surface area contributed by atoms with Crippen LogP contribution in [0.25, 0.3) is 0 Å². The van der Waals surface area contributed by atoms with Crippen LogP contribution in [0.5, 0.6) is 0 Å². The van der Waals surface area contributed by atoms with Crippen LogP contribution in [0.2, 0.25) is 0 Å². The van der Waals surface area contributed by atoms with Crippen LogP contribution < -0.4 is 0 Å². The Morgan fingerprint density at radius 1 is 1.37 bits per heavy atom. The fraction of sp³-hybridized carbons (Fsp3) is 0.429. The fourth-order valence-corrected chi connectivity index (χ4v) is 1.79. The van der Waals surface area contributed by atoms with E-state index in [0.29, 0.717) is 5.56 Å². The van der Waals surface area contributed by atoms with Gasteiger partial charge in [-0.3, -0.25) is 9.59 Å². The van der Waals surface area contributed by atoms with Crippen LogP contribution in [-0.4, -0.2) is 35.0 Å². The van der Waals surface area contributed by atoms with E-state index >= 15 is 0 Å². The van der Waals surface area contributed by atoms with Crippen LogP contribution in [0.15, 0.2) is 18.2 Å². The molecule has 0 saturated heterocycles. The van der Waals surface area contributed by atoms with Crippen molar-refractivity contribution >= 4 is 11.9 Å². The van der Waals surface area contributed by atoms with Crippen molar-refractivity contribution in [3.63, 3.8) is 0 Å². The highest BCUT2D eigenvalue weighted by atomic mass is 19.1. The van der Waals surface area contributed by atoms with E-state index in [2.05, 4.69) is 0 Å². The van der Waals surface area contributed by atoms with Gasteiger partial charge in [0.1, 0.15) is 12.4 Å². The van der Waals surface area contributed by atoms with E-state index < -0.39 is 24.2 Å². The molecule has 0 unspecified atom stereocenters. The van der Waals surface area contributed by atoms with Gasteiger partial charge in [0.2, 0.25) is 0 Å². The van der Waals surface area contributed by atoms with Crippen molar-refractivity contribution < 1.29 is 19.1 Å². The molecule has 5 heteroatoms. The third-order valence-electron chi connectivity index (χ3n) is 2.55. The monoisotopic (exact) mass is 267 g/mol. The minimum atomic E-state index is -1.11. The lowest BCUT2D eigenvalue weighted by Gasteiger charge is -2.23. The zero-order valence-corrected chi connectivity index (χ0v) is 11.3. The van der Waals surface area contributed by atoms with E-state index in [-0.39, 0.29) is 18.0 Å². The molecule has 0 aliphatic heterocycles. The number of aryl methyl sites for hydroxylation is 1. The molecular weight excluding hydrogens is 249 g/mol. The first kappa shape index (κ1) is 15.1. The van der Waals surface area contributed by atoms with Crippen LogP contribution >= 0.6 is 0 Å². The number of amides is 1. The normalized spacial score (nSPS) is 10.6. The number of aliphatic carboxylic acids is 1. The van der Waals surface area contributed by atoms with Crippen LogP contribution in [0.3, 0.4) is 0 Å². The van der Waals surface area contributed by atoms with Gasteiger partial charge in [0.05, 0.1) is 5.56 Å². The van der Waals surface area contributed by atoms with Crippen molar-refractivity contribution in [3.05, 3.63) is 35.1 Å². The van der Waals surface area contributed by atoms with Gasteiger partial charge in [0.25, 0.3) is 5.91 Å². The van der Waals surface area contributed by atoms with Gasteiger partial charge in [-0.1, -0.05) is 19.9 Å². The van der Waals surface area contributed by atoms with Crippen LogP contribution in [0.4, 0.5) is 4.39 Å². The second-order valence-electron chi connectivity index (χ2n) is 4.96. The van der Waals surface area contributed by atoms with Crippen molar-refractivity contribution in [3.8, 4) is 0 Å². The largest absolute Gasteiger partial charge is 0.480 e. The highest BCUT2D eigenvalue weighted by Gasteiger charge is 2.22. The van der Waals surface area contributed by atoms with Gasteiger partial charge in [-0.15, -0.1) is 0 Å². The Labute approximate surface area is 111 Å². The lowest BCUT2D eigenvalue weighted by molar-refractivity contribution is -0.137. The van der Waals surface area contributed by atoms with Crippen molar-refractivity contribution in [2.24, 2.45) is 5.92 Å². The molecule has 0 radical (unpaired) electrons. The highest BCUT2D eigenvalue weighted by molar-refractivity contribution is 5.96. The van der Waals surface area contributed by atoms with Gasteiger partial charge in [0, 0.05) is 6.54 Å². The van der Waals surface area contributed by atoms with Gasteiger partial charge in [0.15, 0.2) is 0 Å². The number of benzene rings is 1. The number of hydrogen-bond acceptors (Lipinski definition) is 2. The molecular formula is C14H18FNO3. The maximum atomic E-state index is 13.7. The molecule has 1 amide bonds. The zero-order valence-electron chi connectivity index (χ0n) is 11.3. The Hall–Kier alpha value is -1.91. The SMILES string of the molecule is Cc1ccc(C(=O)N(CC(=O)O)CC(C)C)c(F)c1.